The number of pyridine rings is 1. The van der Waals surface area contributed by atoms with Crippen LogP contribution < -0.4 is 4.90 Å². The Balaban J connectivity index is 2.09. The second-order valence-electron chi connectivity index (χ2n) is 6.24. The van der Waals surface area contributed by atoms with Gasteiger partial charge in [0.05, 0.1) is 12.1 Å². The van der Waals surface area contributed by atoms with Crippen molar-refractivity contribution < 1.29 is 22.7 Å². The van der Waals surface area contributed by atoms with Crippen molar-refractivity contribution >= 4 is 22.7 Å². The molecule has 2 heterocycles. The minimum absolute atomic E-state index is 0.0627. The van der Waals surface area contributed by atoms with Crippen molar-refractivity contribution in [2.75, 3.05) is 24.6 Å². The minimum Gasteiger partial charge on any atom is -0.462 e. The predicted octanol–water partition coefficient (Wildman–Crippen LogP) is 4.03. The Morgan fingerprint density at radius 3 is 2.88 bits per heavy atom. The number of hydrogen-bond donors (Lipinski definition) is 0. The molecule has 0 spiro atoms. The van der Waals surface area contributed by atoms with E-state index in [1.165, 1.54) is 25.1 Å². The van der Waals surface area contributed by atoms with Crippen molar-refractivity contribution in [1.82, 2.24) is 4.98 Å². The first-order valence-corrected chi connectivity index (χ1v) is 8.22. The summed E-state index contributed by atoms with van der Waals surface area (Å²) in [7, 11) is 0. The second kappa shape index (κ2) is 6.54. The number of carbonyl (C=O) groups is 1. The zero-order chi connectivity index (χ0) is 18.2. The molecule has 4 nitrogen and oxygen atoms in total. The summed E-state index contributed by atoms with van der Waals surface area (Å²) in [5.74, 6) is -4.50. The lowest BCUT2D eigenvalue weighted by atomic mass is 9.95. The van der Waals surface area contributed by atoms with Crippen molar-refractivity contribution in [2.24, 2.45) is 5.92 Å². The quantitative estimate of drug-likeness (QED) is 0.782. The van der Waals surface area contributed by atoms with E-state index in [0.29, 0.717) is 5.52 Å². The van der Waals surface area contributed by atoms with Gasteiger partial charge >= 0.3 is 5.97 Å². The summed E-state index contributed by atoms with van der Waals surface area (Å²) in [6.45, 7) is 3.42. The van der Waals surface area contributed by atoms with Gasteiger partial charge in [-0.25, -0.2) is 22.9 Å². The summed E-state index contributed by atoms with van der Waals surface area (Å²) in [6.07, 6.45) is -0.320. The van der Waals surface area contributed by atoms with E-state index >= 15 is 0 Å². The van der Waals surface area contributed by atoms with Crippen LogP contribution in [0, 0.1) is 11.7 Å². The molecule has 1 unspecified atom stereocenters. The van der Waals surface area contributed by atoms with Crippen LogP contribution in [0.15, 0.2) is 24.3 Å². The summed E-state index contributed by atoms with van der Waals surface area (Å²) in [4.78, 5) is 18.3. The van der Waals surface area contributed by atoms with Gasteiger partial charge in [0.15, 0.2) is 0 Å². The molecule has 0 bridgehead atoms. The van der Waals surface area contributed by atoms with E-state index in [2.05, 4.69) is 4.98 Å². The number of fused-ring (bicyclic) bond motifs is 1. The summed E-state index contributed by atoms with van der Waals surface area (Å²) in [5.41, 5.74) is 0.463. The topological polar surface area (TPSA) is 42.4 Å². The maximum Gasteiger partial charge on any atom is 0.341 e. The van der Waals surface area contributed by atoms with Crippen molar-refractivity contribution in [3.63, 3.8) is 0 Å². The maximum atomic E-state index is 14.0. The monoisotopic (exact) mass is 352 g/mol. The SMILES string of the molecule is CCOC(=O)c1cc2c(F)cccc2nc1N1CCC(F)(F)C(C)C1. The zero-order valence-electron chi connectivity index (χ0n) is 14.1. The van der Waals surface area contributed by atoms with E-state index < -0.39 is 23.6 Å². The normalized spacial score (nSPS) is 19.9. The molecule has 3 rings (SSSR count). The molecular formula is C18H19F3N2O2. The fourth-order valence-corrected chi connectivity index (χ4v) is 3.03. The Labute approximate surface area is 143 Å². The van der Waals surface area contributed by atoms with Crippen LogP contribution >= 0.6 is 0 Å². The highest BCUT2D eigenvalue weighted by Gasteiger charge is 2.42. The highest BCUT2D eigenvalue weighted by Crippen LogP contribution is 2.36. The third-order valence-corrected chi connectivity index (χ3v) is 4.51. The van der Waals surface area contributed by atoms with Gasteiger partial charge in [-0.3, -0.25) is 0 Å². The van der Waals surface area contributed by atoms with Crippen LogP contribution in [0.4, 0.5) is 19.0 Å². The number of piperidine rings is 1. The number of ether oxygens (including phenoxy) is 1. The molecule has 1 fully saturated rings. The molecule has 1 atom stereocenters. The Hall–Kier alpha value is -2.31. The third-order valence-electron chi connectivity index (χ3n) is 4.51. The van der Waals surface area contributed by atoms with Crippen LogP contribution in [-0.2, 0) is 4.74 Å². The third kappa shape index (κ3) is 3.27. The molecule has 25 heavy (non-hydrogen) atoms. The van der Waals surface area contributed by atoms with Crippen LogP contribution in [0.25, 0.3) is 10.9 Å². The van der Waals surface area contributed by atoms with Gasteiger partial charge in [0.2, 0.25) is 0 Å². The van der Waals surface area contributed by atoms with Gasteiger partial charge in [-0.15, -0.1) is 0 Å². The maximum absolute atomic E-state index is 14.0. The molecule has 2 aromatic rings. The number of esters is 1. The van der Waals surface area contributed by atoms with Crippen LogP contribution in [0.1, 0.15) is 30.6 Å². The first-order valence-electron chi connectivity index (χ1n) is 8.22. The first kappa shape index (κ1) is 17.5. The smallest absolute Gasteiger partial charge is 0.341 e. The molecule has 0 aliphatic carbocycles. The largest absolute Gasteiger partial charge is 0.462 e. The number of aromatic nitrogens is 1. The summed E-state index contributed by atoms with van der Waals surface area (Å²) in [5, 5.41) is 0.199. The lowest BCUT2D eigenvalue weighted by Crippen LogP contribution is -2.46. The molecule has 134 valence electrons. The number of alkyl halides is 2. The minimum atomic E-state index is -2.75. The number of carbonyl (C=O) groups excluding carboxylic acids is 1. The highest BCUT2D eigenvalue weighted by atomic mass is 19.3. The lowest BCUT2D eigenvalue weighted by molar-refractivity contribution is -0.0652. The highest BCUT2D eigenvalue weighted by molar-refractivity contribution is 5.99. The van der Waals surface area contributed by atoms with Gasteiger partial charge in [0, 0.05) is 30.8 Å². The molecule has 1 aliphatic heterocycles. The van der Waals surface area contributed by atoms with E-state index in [9.17, 15) is 18.0 Å². The Morgan fingerprint density at radius 1 is 1.44 bits per heavy atom. The zero-order valence-corrected chi connectivity index (χ0v) is 14.1. The molecule has 0 amide bonds. The van der Waals surface area contributed by atoms with Crippen LogP contribution in [0.2, 0.25) is 0 Å². The van der Waals surface area contributed by atoms with Gasteiger partial charge in [0.1, 0.15) is 17.2 Å². The van der Waals surface area contributed by atoms with E-state index in [4.69, 9.17) is 4.74 Å². The van der Waals surface area contributed by atoms with E-state index in [1.54, 1.807) is 17.9 Å². The molecule has 0 saturated carbocycles. The average molecular weight is 352 g/mol. The van der Waals surface area contributed by atoms with E-state index in [-0.39, 0.29) is 42.9 Å². The average Bonchev–Trinajstić information content (AvgIpc) is 2.57. The summed E-state index contributed by atoms with van der Waals surface area (Å²) >= 11 is 0. The standard InChI is InChI=1S/C18H19F3N2O2/c1-3-25-17(24)13-9-12-14(19)5-4-6-15(12)22-16(13)23-8-7-18(20,21)11(2)10-23/h4-6,9,11H,3,7-8,10H2,1-2H3. The Morgan fingerprint density at radius 2 is 2.20 bits per heavy atom. The number of rotatable bonds is 3. The fraction of sp³-hybridized carbons (Fsp3) is 0.444. The van der Waals surface area contributed by atoms with Crippen LogP contribution in [0.3, 0.4) is 0 Å². The number of anilines is 1. The molecule has 1 aromatic heterocycles. The summed E-state index contributed by atoms with van der Waals surface area (Å²) < 4.78 is 46.7. The molecule has 1 aliphatic rings. The molecule has 1 saturated heterocycles. The molecule has 1 aromatic carbocycles. The molecule has 0 radical (unpaired) electrons. The fourth-order valence-electron chi connectivity index (χ4n) is 3.03. The predicted molar refractivity (Wildman–Crippen MR) is 88.6 cm³/mol. The van der Waals surface area contributed by atoms with Crippen molar-refractivity contribution in [2.45, 2.75) is 26.2 Å². The molecular weight excluding hydrogens is 333 g/mol. The number of nitrogens with zero attached hydrogens (tertiary/aromatic N) is 2. The van der Waals surface area contributed by atoms with Crippen LogP contribution in [-0.4, -0.2) is 36.6 Å². The van der Waals surface area contributed by atoms with Crippen molar-refractivity contribution in [3.8, 4) is 0 Å². The van der Waals surface area contributed by atoms with Crippen LogP contribution in [0.5, 0.6) is 0 Å². The van der Waals surface area contributed by atoms with Gasteiger partial charge < -0.3 is 9.64 Å². The van der Waals surface area contributed by atoms with E-state index in [0.717, 1.165) is 0 Å². The number of hydrogen-bond acceptors (Lipinski definition) is 4. The second-order valence-corrected chi connectivity index (χ2v) is 6.24. The van der Waals surface area contributed by atoms with E-state index in [1.807, 2.05) is 0 Å². The van der Waals surface area contributed by atoms with Gasteiger partial charge in [-0.2, -0.15) is 0 Å². The van der Waals surface area contributed by atoms with Gasteiger partial charge in [-0.1, -0.05) is 13.0 Å². The van der Waals surface area contributed by atoms with Gasteiger partial charge in [0.25, 0.3) is 5.92 Å². The molecule has 0 N–H and O–H groups in total. The van der Waals surface area contributed by atoms with Crippen molar-refractivity contribution in [1.29, 1.82) is 0 Å². The van der Waals surface area contributed by atoms with Gasteiger partial charge in [-0.05, 0) is 25.1 Å². The Bertz CT molecular complexity index is 810. The number of halogens is 3. The summed E-state index contributed by atoms with van der Waals surface area (Å²) in [6, 6.07) is 5.81. The Kier molecular flexibility index (Phi) is 4.58. The van der Waals surface area contributed by atoms with Crippen molar-refractivity contribution in [3.05, 3.63) is 35.6 Å². The number of benzene rings is 1. The molecule has 7 heteroatoms. The lowest BCUT2D eigenvalue weighted by Gasteiger charge is -2.37. The first-order chi connectivity index (χ1) is 11.8.